The van der Waals surface area contributed by atoms with E-state index >= 15 is 0 Å². The number of nitrogens with one attached hydrogen (secondary N) is 2. The molecule has 3 atom stereocenters. The van der Waals surface area contributed by atoms with Crippen LogP contribution >= 0.6 is 28.1 Å². The van der Waals surface area contributed by atoms with E-state index in [1.54, 1.807) is 24.4 Å². The summed E-state index contributed by atoms with van der Waals surface area (Å²) in [4.78, 5) is 0. The summed E-state index contributed by atoms with van der Waals surface area (Å²) in [6.45, 7) is 0. The number of phenolic OH excluding ortho intramolecular Hbond substituents is 1. The molecule has 3 rings (SSSR count). The Labute approximate surface area is 138 Å². The van der Waals surface area contributed by atoms with Gasteiger partial charge in [-0.25, -0.2) is 0 Å². The van der Waals surface area contributed by atoms with Crippen molar-refractivity contribution in [2.45, 2.75) is 31.7 Å². The van der Waals surface area contributed by atoms with Crippen molar-refractivity contribution in [3.63, 3.8) is 0 Å². The van der Waals surface area contributed by atoms with Crippen molar-refractivity contribution in [3.05, 3.63) is 28.2 Å². The molecule has 3 N–H and O–H groups in total. The van der Waals surface area contributed by atoms with Gasteiger partial charge in [0.05, 0.1) is 6.21 Å². The monoisotopic (exact) mass is 367 g/mol. The lowest BCUT2D eigenvalue weighted by atomic mass is 9.96. The standard InChI is InChI=1S/C15H18BrN3OS/c16-12-3-4-14(20)11(7-12)8-17-19-15(21)18-13-6-9-1-2-10(13)5-9/h3-4,7-10,13,20H,1-2,5-6H2,(H2,18,19,21)/b17-8+/t9-,10+,13-/m0/s1. The van der Waals surface area contributed by atoms with Gasteiger partial charge in [-0.2, -0.15) is 5.10 Å². The van der Waals surface area contributed by atoms with Gasteiger partial charge in [0.2, 0.25) is 0 Å². The molecule has 0 aliphatic heterocycles. The molecule has 1 aromatic rings. The Morgan fingerprint density at radius 3 is 2.95 bits per heavy atom. The zero-order valence-electron chi connectivity index (χ0n) is 11.6. The minimum absolute atomic E-state index is 0.190. The van der Waals surface area contributed by atoms with Gasteiger partial charge in [-0.1, -0.05) is 22.4 Å². The number of hydrogen-bond acceptors (Lipinski definition) is 3. The van der Waals surface area contributed by atoms with Crippen molar-refractivity contribution in [1.82, 2.24) is 10.7 Å². The molecule has 0 saturated heterocycles. The van der Waals surface area contributed by atoms with Crippen LogP contribution in [0.1, 0.15) is 31.2 Å². The Bertz CT molecular complexity index is 578. The lowest BCUT2D eigenvalue weighted by Gasteiger charge is -2.23. The average Bonchev–Trinajstić information content (AvgIpc) is 3.05. The van der Waals surface area contributed by atoms with E-state index in [1.807, 2.05) is 0 Å². The van der Waals surface area contributed by atoms with Crippen LogP contribution in [0.15, 0.2) is 27.8 Å². The van der Waals surface area contributed by atoms with Gasteiger partial charge in [0.25, 0.3) is 0 Å². The third-order valence-corrected chi connectivity index (χ3v) is 5.12. The molecule has 2 aliphatic rings. The number of nitrogens with zero attached hydrogens (tertiary/aromatic N) is 1. The number of thiocarbonyl (C=S) groups is 1. The molecule has 2 aliphatic carbocycles. The third-order valence-electron chi connectivity index (χ3n) is 4.41. The van der Waals surface area contributed by atoms with Crippen LogP contribution in [0.2, 0.25) is 0 Å². The molecule has 4 nitrogen and oxygen atoms in total. The fourth-order valence-electron chi connectivity index (χ4n) is 3.41. The molecule has 0 unspecified atom stereocenters. The van der Waals surface area contributed by atoms with Gasteiger partial charge < -0.3 is 10.4 Å². The first-order valence-corrected chi connectivity index (χ1v) is 8.40. The second-order valence-corrected chi connectivity index (χ2v) is 7.15. The Morgan fingerprint density at radius 2 is 2.24 bits per heavy atom. The summed E-state index contributed by atoms with van der Waals surface area (Å²) in [6, 6.07) is 5.70. The second-order valence-electron chi connectivity index (χ2n) is 5.83. The van der Waals surface area contributed by atoms with Gasteiger partial charge in [0.15, 0.2) is 5.11 Å². The topological polar surface area (TPSA) is 56.7 Å². The fraction of sp³-hybridized carbons (Fsp3) is 0.467. The van der Waals surface area contributed by atoms with Gasteiger partial charge in [-0.15, -0.1) is 0 Å². The van der Waals surface area contributed by atoms with Crippen LogP contribution in [0, 0.1) is 11.8 Å². The summed E-state index contributed by atoms with van der Waals surface area (Å²) >= 11 is 8.64. The molecule has 0 radical (unpaired) electrons. The summed E-state index contributed by atoms with van der Waals surface area (Å²) < 4.78 is 0.893. The average molecular weight is 368 g/mol. The zero-order chi connectivity index (χ0) is 14.8. The quantitative estimate of drug-likeness (QED) is 0.436. The van der Waals surface area contributed by atoms with Crippen LogP contribution in [-0.4, -0.2) is 22.5 Å². The van der Waals surface area contributed by atoms with Crippen molar-refractivity contribution in [2.75, 3.05) is 0 Å². The summed E-state index contributed by atoms with van der Waals surface area (Å²) in [5.74, 6) is 1.85. The van der Waals surface area contributed by atoms with Crippen LogP contribution in [0.3, 0.4) is 0 Å². The van der Waals surface area contributed by atoms with E-state index in [1.165, 1.54) is 25.7 Å². The molecular weight excluding hydrogens is 350 g/mol. The first kappa shape index (κ1) is 14.8. The normalized spacial score (nSPS) is 27.2. The first-order chi connectivity index (χ1) is 10.1. The highest BCUT2D eigenvalue weighted by Gasteiger charge is 2.39. The largest absolute Gasteiger partial charge is 0.507 e. The van der Waals surface area contributed by atoms with E-state index in [2.05, 4.69) is 31.8 Å². The van der Waals surface area contributed by atoms with E-state index in [-0.39, 0.29) is 5.75 Å². The molecule has 0 heterocycles. The number of rotatable bonds is 3. The van der Waals surface area contributed by atoms with Crippen molar-refractivity contribution in [1.29, 1.82) is 0 Å². The molecule has 2 fully saturated rings. The number of fused-ring (bicyclic) bond motifs is 2. The van der Waals surface area contributed by atoms with Gasteiger partial charge in [-0.3, -0.25) is 5.43 Å². The maximum atomic E-state index is 9.71. The van der Waals surface area contributed by atoms with Gasteiger partial charge in [0, 0.05) is 16.1 Å². The number of phenols is 1. The summed E-state index contributed by atoms with van der Waals surface area (Å²) in [7, 11) is 0. The van der Waals surface area contributed by atoms with Crippen LogP contribution in [-0.2, 0) is 0 Å². The molecule has 0 amide bonds. The van der Waals surface area contributed by atoms with Gasteiger partial charge in [0.1, 0.15) is 5.75 Å². The Kier molecular flexibility index (Phi) is 4.45. The number of hydrazone groups is 1. The summed E-state index contributed by atoms with van der Waals surface area (Å²) in [5.41, 5.74) is 3.47. The fourth-order valence-corrected chi connectivity index (χ4v) is 3.99. The molecule has 2 bridgehead atoms. The van der Waals surface area contributed by atoms with Crippen LogP contribution in [0.4, 0.5) is 0 Å². The Balaban J connectivity index is 1.51. The van der Waals surface area contributed by atoms with E-state index in [9.17, 15) is 5.11 Å². The number of benzene rings is 1. The molecule has 2 saturated carbocycles. The van der Waals surface area contributed by atoms with Crippen molar-refractivity contribution >= 4 is 39.5 Å². The highest BCUT2D eigenvalue weighted by molar-refractivity contribution is 9.10. The van der Waals surface area contributed by atoms with Crippen LogP contribution < -0.4 is 10.7 Å². The van der Waals surface area contributed by atoms with E-state index in [0.717, 1.165) is 16.3 Å². The molecular formula is C15H18BrN3OS. The smallest absolute Gasteiger partial charge is 0.187 e. The SMILES string of the molecule is Oc1ccc(Br)cc1/C=N/NC(=S)N[C@H]1C[C@H]2CC[C@@H]1C2. The van der Waals surface area contributed by atoms with Gasteiger partial charge >= 0.3 is 0 Å². The number of hydrogen-bond donors (Lipinski definition) is 3. The highest BCUT2D eigenvalue weighted by atomic mass is 79.9. The molecule has 0 aromatic heterocycles. The second kappa shape index (κ2) is 6.32. The molecule has 112 valence electrons. The summed E-state index contributed by atoms with van der Waals surface area (Å²) in [6.07, 6.45) is 6.83. The van der Waals surface area contributed by atoms with Crippen molar-refractivity contribution < 1.29 is 5.11 Å². The first-order valence-electron chi connectivity index (χ1n) is 7.20. The maximum Gasteiger partial charge on any atom is 0.187 e. The minimum Gasteiger partial charge on any atom is -0.507 e. The third kappa shape index (κ3) is 3.55. The van der Waals surface area contributed by atoms with Crippen molar-refractivity contribution in [2.24, 2.45) is 16.9 Å². The maximum absolute atomic E-state index is 9.71. The van der Waals surface area contributed by atoms with E-state index in [0.29, 0.717) is 16.7 Å². The predicted octanol–water partition coefficient (Wildman–Crippen LogP) is 3.14. The summed E-state index contributed by atoms with van der Waals surface area (Å²) in [5, 5.41) is 17.7. The van der Waals surface area contributed by atoms with E-state index < -0.39 is 0 Å². The number of aromatic hydroxyl groups is 1. The highest BCUT2D eigenvalue weighted by Crippen LogP contribution is 2.44. The molecule has 1 aromatic carbocycles. The Hall–Kier alpha value is -1.14. The molecule has 6 heteroatoms. The van der Waals surface area contributed by atoms with E-state index in [4.69, 9.17) is 12.2 Å². The van der Waals surface area contributed by atoms with Crippen LogP contribution in [0.5, 0.6) is 5.75 Å². The molecule has 0 spiro atoms. The lowest BCUT2D eigenvalue weighted by molar-refractivity contribution is 0.389. The number of halogens is 1. The minimum atomic E-state index is 0.190. The zero-order valence-corrected chi connectivity index (χ0v) is 14.0. The van der Waals surface area contributed by atoms with Crippen LogP contribution in [0.25, 0.3) is 0 Å². The van der Waals surface area contributed by atoms with Crippen molar-refractivity contribution in [3.8, 4) is 5.75 Å². The lowest BCUT2D eigenvalue weighted by Crippen LogP contribution is -2.42. The molecule has 21 heavy (non-hydrogen) atoms. The Morgan fingerprint density at radius 1 is 1.38 bits per heavy atom. The van der Waals surface area contributed by atoms with Gasteiger partial charge in [-0.05, 0) is 61.5 Å². The predicted molar refractivity (Wildman–Crippen MR) is 91.5 cm³/mol.